The quantitative estimate of drug-likeness (QED) is 0.882. The van der Waals surface area contributed by atoms with Gasteiger partial charge >= 0.3 is 0 Å². The predicted octanol–water partition coefficient (Wildman–Crippen LogP) is 3.35. The summed E-state index contributed by atoms with van der Waals surface area (Å²) >= 11 is 6.85. The number of hydrogen-bond donors (Lipinski definition) is 1. The molecule has 0 radical (unpaired) electrons. The highest BCUT2D eigenvalue weighted by atomic mass is 79.9. The first-order valence-electron chi connectivity index (χ1n) is 3.32. The summed E-state index contributed by atoms with van der Waals surface area (Å²) < 4.78 is 2.20. The van der Waals surface area contributed by atoms with Crippen LogP contribution in [0.3, 0.4) is 0 Å². The fourth-order valence-electron chi connectivity index (χ4n) is 0.854. The average molecular weight is 315 g/mol. The van der Waals surface area contributed by atoms with Gasteiger partial charge in [0.2, 0.25) is 0 Å². The number of rotatable bonds is 2. The van der Waals surface area contributed by atoms with Crippen molar-refractivity contribution >= 4 is 44.3 Å². The van der Waals surface area contributed by atoms with Gasteiger partial charge in [-0.3, -0.25) is 0 Å². The van der Waals surface area contributed by atoms with Gasteiger partial charge in [-0.25, -0.2) is 0 Å². The van der Waals surface area contributed by atoms with Crippen LogP contribution in [0.1, 0.15) is 5.56 Å². The maximum atomic E-state index is 3.44. The van der Waals surface area contributed by atoms with Gasteiger partial charge in [-0.2, -0.15) is 0 Å². The van der Waals surface area contributed by atoms with Gasteiger partial charge in [-0.15, -0.1) is 12.4 Å². The first kappa shape index (κ1) is 12.4. The summed E-state index contributed by atoms with van der Waals surface area (Å²) in [5, 5.41) is 3.09. The Labute approximate surface area is 95.6 Å². The monoisotopic (exact) mass is 313 g/mol. The molecule has 1 N–H and O–H groups in total. The molecule has 1 aromatic rings. The molecule has 12 heavy (non-hydrogen) atoms. The predicted molar refractivity (Wildman–Crippen MR) is 61.9 cm³/mol. The smallest absolute Gasteiger partial charge is 0.0320 e. The average Bonchev–Trinajstić information content (AvgIpc) is 1.98. The normalized spacial score (nSPS) is 9.25. The second-order valence-electron chi connectivity index (χ2n) is 2.28. The molecule has 1 rings (SSSR count). The van der Waals surface area contributed by atoms with E-state index in [9.17, 15) is 0 Å². The summed E-state index contributed by atoms with van der Waals surface area (Å²) in [5.74, 6) is 0. The molecule has 0 bridgehead atoms. The second kappa shape index (κ2) is 5.97. The van der Waals surface area contributed by atoms with Gasteiger partial charge in [0.25, 0.3) is 0 Å². The van der Waals surface area contributed by atoms with Gasteiger partial charge in [0.05, 0.1) is 0 Å². The van der Waals surface area contributed by atoms with Crippen LogP contribution in [0, 0.1) is 0 Å². The van der Waals surface area contributed by atoms with E-state index in [0.717, 1.165) is 15.5 Å². The van der Waals surface area contributed by atoms with Crippen LogP contribution in [0.25, 0.3) is 0 Å². The Morgan fingerprint density at radius 1 is 1.25 bits per heavy atom. The zero-order valence-electron chi connectivity index (χ0n) is 6.60. The van der Waals surface area contributed by atoms with Crippen molar-refractivity contribution in [3.63, 3.8) is 0 Å². The molecule has 0 amide bonds. The molecule has 0 saturated heterocycles. The van der Waals surface area contributed by atoms with Gasteiger partial charge in [0.1, 0.15) is 0 Å². The first-order chi connectivity index (χ1) is 5.24. The second-order valence-corrected chi connectivity index (χ2v) is 3.99. The minimum absolute atomic E-state index is 0. The van der Waals surface area contributed by atoms with Crippen LogP contribution in [0.4, 0.5) is 0 Å². The van der Waals surface area contributed by atoms with Gasteiger partial charge in [0.15, 0.2) is 0 Å². The molecular formula is C8H10Br2ClN. The first-order valence-corrected chi connectivity index (χ1v) is 4.91. The molecule has 0 aliphatic rings. The summed E-state index contributed by atoms with van der Waals surface area (Å²) in [7, 11) is 1.94. The zero-order chi connectivity index (χ0) is 8.27. The maximum absolute atomic E-state index is 3.44. The Hall–Kier alpha value is 0.430. The molecule has 68 valence electrons. The highest BCUT2D eigenvalue weighted by Crippen LogP contribution is 2.23. The van der Waals surface area contributed by atoms with Crippen LogP contribution < -0.4 is 5.32 Å². The van der Waals surface area contributed by atoms with Crippen molar-refractivity contribution < 1.29 is 0 Å². The lowest BCUT2D eigenvalue weighted by atomic mass is 10.2. The SMILES string of the molecule is CNCc1ccc(Br)c(Br)c1.Cl. The molecule has 0 aliphatic heterocycles. The number of nitrogens with one attached hydrogen (secondary N) is 1. The van der Waals surface area contributed by atoms with Crippen molar-refractivity contribution in [3.8, 4) is 0 Å². The van der Waals surface area contributed by atoms with Crippen LogP contribution in [-0.2, 0) is 6.54 Å². The van der Waals surface area contributed by atoms with Crippen LogP contribution in [0.5, 0.6) is 0 Å². The van der Waals surface area contributed by atoms with Crippen LogP contribution in [-0.4, -0.2) is 7.05 Å². The number of hydrogen-bond acceptors (Lipinski definition) is 1. The van der Waals surface area contributed by atoms with Crippen molar-refractivity contribution in [2.75, 3.05) is 7.05 Å². The van der Waals surface area contributed by atoms with E-state index in [1.807, 2.05) is 13.1 Å². The van der Waals surface area contributed by atoms with E-state index in [1.165, 1.54) is 5.56 Å². The van der Waals surface area contributed by atoms with Gasteiger partial charge in [-0.1, -0.05) is 6.07 Å². The summed E-state index contributed by atoms with van der Waals surface area (Å²) in [6.07, 6.45) is 0. The molecular weight excluding hydrogens is 305 g/mol. The Kier molecular flexibility index (Phi) is 6.19. The fourth-order valence-corrected chi connectivity index (χ4v) is 1.53. The summed E-state index contributed by atoms with van der Waals surface area (Å²) in [6, 6.07) is 6.22. The van der Waals surface area contributed by atoms with Crippen molar-refractivity contribution in [2.24, 2.45) is 0 Å². The highest BCUT2D eigenvalue weighted by Gasteiger charge is 1.96. The fraction of sp³-hybridized carbons (Fsp3) is 0.250. The zero-order valence-corrected chi connectivity index (χ0v) is 10.6. The largest absolute Gasteiger partial charge is 0.316 e. The molecule has 0 spiro atoms. The van der Waals surface area contributed by atoms with Gasteiger partial charge < -0.3 is 5.32 Å². The number of benzene rings is 1. The molecule has 0 saturated carbocycles. The van der Waals surface area contributed by atoms with E-state index in [1.54, 1.807) is 0 Å². The minimum atomic E-state index is 0. The topological polar surface area (TPSA) is 12.0 Å². The highest BCUT2D eigenvalue weighted by molar-refractivity contribution is 9.13. The standard InChI is InChI=1S/C8H9Br2N.ClH/c1-11-5-6-2-3-7(9)8(10)4-6;/h2-4,11H,5H2,1H3;1H. The van der Waals surface area contributed by atoms with Gasteiger partial charge in [-0.05, 0) is 56.6 Å². The Morgan fingerprint density at radius 3 is 2.42 bits per heavy atom. The third-order valence-corrected chi connectivity index (χ3v) is 3.24. The van der Waals surface area contributed by atoms with E-state index in [2.05, 4.69) is 49.3 Å². The van der Waals surface area contributed by atoms with Crippen molar-refractivity contribution in [3.05, 3.63) is 32.7 Å². The minimum Gasteiger partial charge on any atom is -0.316 e. The van der Waals surface area contributed by atoms with Crippen LogP contribution >= 0.6 is 44.3 Å². The van der Waals surface area contributed by atoms with Gasteiger partial charge in [0, 0.05) is 15.5 Å². The van der Waals surface area contributed by atoms with E-state index < -0.39 is 0 Å². The molecule has 0 heterocycles. The molecule has 4 heteroatoms. The lowest BCUT2D eigenvalue weighted by Gasteiger charge is -2.01. The molecule has 0 aliphatic carbocycles. The maximum Gasteiger partial charge on any atom is 0.0320 e. The van der Waals surface area contributed by atoms with Crippen molar-refractivity contribution in [1.82, 2.24) is 5.32 Å². The molecule has 1 nitrogen and oxygen atoms in total. The summed E-state index contributed by atoms with van der Waals surface area (Å²) in [5.41, 5.74) is 1.28. The third-order valence-electron chi connectivity index (χ3n) is 1.36. The van der Waals surface area contributed by atoms with Crippen molar-refractivity contribution in [2.45, 2.75) is 6.54 Å². The third kappa shape index (κ3) is 3.44. The van der Waals surface area contributed by atoms with E-state index in [0.29, 0.717) is 0 Å². The Morgan fingerprint density at radius 2 is 1.92 bits per heavy atom. The molecule has 1 aromatic carbocycles. The van der Waals surface area contributed by atoms with E-state index >= 15 is 0 Å². The van der Waals surface area contributed by atoms with E-state index in [4.69, 9.17) is 0 Å². The van der Waals surface area contributed by atoms with Crippen LogP contribution in [0.2, 0.25) is 0 Å². The summed E-state index contributed by atoms with van der Waals surface area (Å²) in [4.78, 5) is 0. The van der Waals surface area contributed by atoms with E-state index in [-0.39, 0.29) is 12.4 Å². The molecule has 0 aromatic heterocycles. The van der Waals surface area contributed by atoms with Crippen LogP contribution in [0.15, 0.2) is 27.1 Å². The van der Waals surface area contributed by atoms with Crippen molar-refractivity contribution in [1.29, 1.82) is 0 Å². The summed E-state index contributed by atoms with van der Waals surface area (Å²) in [6.45, 7) is 0.909. The lowest BCUT2D eigenvalue weighted by Crippen LogP contribution is -2.04. The number of halogens is 3. The Bertz CT molecular complexity index is 253. The molecule has 0 fully saturated rings. The molecule has 0 unspecified atom stereocenters. The lowest BCUT2D eigenvalue weighted by molar-refractivity contribution is 0.817. The Balaban J connectivity index is 0.00000121. The molecule has 0 atom stereocenters.